The van der Waals surface area contributed by atoms with Crippen LogP contribution in [-0.2, 0) is 6.42 Å². The lowest BCUT2D eigenvalue weighted by Crippen LogP contribution is -2.31. The third kappa shape index (κ3) is 4.03. The summed E-state index contributed by atoms with van der Waals surface area (Å²) in [6.45, 7) is 4.37. The zero-order valence-corrected chi connectivity index (χ0v) is 17.0. The van der Waals surface area contributed by atoms with Crippen molar-refractivity contribution >= 4 is 39.3 Å². The molecule has 3 nitrogen and oxygen atoms in total. The fourth-order valence-electron chi connectivity index (χ4n) is 3.42. The summed E-state index contributed by atoms with van der Waals surface area (Å²) in [6.07, 6.45) is 5.03. The molecule has 3 heterocycles. The molecule has 0 saturated heterocycles. The van der Waals surface area contributed by atoms with Gasteiger partial charge >= 0.3 is 0 Å². The average Bonchev–Trinajstić information content (AvgIpc) is 2.65. The Balaban J connectivity index is 1.68. The minimum atomic E-state index is -0.921. The van der Waals surface area contributed by atoms with Gasteiger partial charge in [0.15, 0.2) is 11.6 Å². The minimum Gasteiger partial charge on any atom is -0.274 e. The van der Waals surface area contributed by atoms with Crippen molar-refractivity contribution in [1.82, 2.24) is 9.97 Å². The highest BCUT2D eigenvalue weighted by atomic mass is 35.5. The number of nitrogens with zero attached hydrogens (tertiary/aromatic N) is 3. The van der Waals surface area contributed by atoms with Crippen molar-refractivity contribution in [3.05, 3.63) is 70.6 Å². The highest BCUT2D eigenvalue weighted by Gasteiger charge is 2.31. The average molecular weight is 418 g/mol. The smallest absolute Gasteiger partial charge is 0.184 e. The number of halogens is 3. The van der Waals surface area contributed by atoms with E-state index < -0.39 is 11.6 Å². The summed E-state index contributed by atoms with van der Waals surface area (Å²) in [6, 6.07) is 8.33. The normalized spacial score (nSPS) is 18.9. The van der Waals surface area contributed by atoms with Crippen LogP contribution in [0.1, 0.15) is 31.4 Å². The predicted molar refractivity (Wildman–Crippen MR) is 111 cm³/mol. The zero-order chi connectivity index (χ0) is 19.9. The van der Waals surface area contributed by atoms with Crippen molar-refractivity contribution in [2.24, 2.45) is 4.99 Å². The van der Waals surface area contributed by atoms with Gasteiger partial charge in [-0.2, -0.15) is 0 Å². The van der Waals surface area contributed by atoms with Gasteiger partial charge in [-0.3, -0.25) is 9.98 Å². The Morgan fingerprint density at radius 2 is 1.96 bits per heavy atom. The van der Waals surface area contributed by atoms with Crippen LogP contribution in [0.2, 0.25) is 5.15 Å². The Hall–Kier alpha value is -2.05. The van der Waals surface area contributed by atoms with Crippen molar-refractivity contribution in [2.75, 3.05) is 0 Å². The molecule has 28 heavy (non-hydrogen) atoms. The summed E-state index contributed by atoms with van der Waals surface area (Å²) in [7, 11) is 0. The van der Waals surface area contributed by atoms with E-state index in [0.29, 0.717) is 10.5 Å². The van der Waals surface area contributed by atoms with E-state index in [0.717, 1.165) is 35.1 Å². The summed E-state index contributed by atoms with van der Waals surface area (Å²) in [5.74, 6) is -1.81. The number of hydrogen-bond acceptors (Lipinski definition) is 4. The van der Waals surface area contributed by atoms with Gasteiger partial charge in [-0.1, -0.05) is 43.3 Å². The monoisotopic (exact) mass is 417 g/mol. The second-order valence-corrected chi connectivity index (χ2v) is 9.59. The molecule has 0 radical (unpaired) electrons. The van der Waals surface area contributed by atoms with Crippen LogP contribution in [0.4, 0.5) is 8.78 Å². The van der Waals surface area contributed by atoms with Crippen molar-refractivity contribution < 1.29 is 8.78 Å². The standard InChI is InChI=1S/C21H18ClF2N3S/c1-21(2)9-15(7-12-3-6-17(22)25-10-12)27-20(28-21)14-8-13-4-5-16(23)18(24)19(13)26-11-14/h3-6,8,10-11,15H,7,9H2,1-2H3. The highest BCUT2D eigenvalue weighted by molar-refractivity contribution is 8.15. The summed E-state index contributed by atoms with van der Waals surface area (Å²) < 4.78 is 27.4. The molecule has 1 aliphatic heterocycles. The lowest BCUT2D eigenvalue weighted by Gasteiger charge is -2.33. The first kappa shape index (κ1) is 19.3. The third-order valence-electron chi connectivity index (χ3n) is 4.65. The number of fused-ring (bicyclic) bond motifs is 1. The Morgan fingerprint density at radius 3 is 2.71 bits per heavy atom. The van der Waals surface area contributed by atoms with Crippen LogP contribution in [0.5, 0.6) is 0 Å². The van der Waals surface area contributed by atoms with E-state index in [1.165, 1.54) is 0 Å². The first-order chi connectivity index (χ1) is 13.3. The van der Waals surface area contributed by atoms with Gasteiger partial charge in [-0.05, 0) is 42.7 Å². The fourth-order valence-corrected chi connectivity index (χ4v) is 4.76. The molecule has 1 aliphatic rings. The Kier molecular flexibility index (Phi) is 5.10. The molecule has 0 aliphatic carbocycles. The van der Waals surface area contributed by atoms with E-state index in [-0.39, 0.29) is 16.3 Å². The van der Waals surface area contributed by atoms with Crippen LogP contribution in [0.3, 0.4) is 0 Å². The molecule has 0 saturated carbocycles. The molecule has 3 aromatic rings. The lowest BCUT2D eigenvalue weighted by molar-refractivity contribution is 0.515. The first-order valence-electron chi connectivity index (χ1n) is 8.92. The van der Waals surface area contributed by atoms with E-state index in [9.17, 15) is 8.78 Å². The molecule has 7 heteroatoms. The molecular formula is C21H18ClF2N3S. The molecule has 0 amide bonds. The first-order valence-corrected chi connectivity index (χ1v) is 10.1. The number of hydrogen-bond donors (Lipinski definition) is 0. The Morgan fingerprint density at radius 1 is 1.14 bits per heavy atom. The number of thioether (sulfide) groups is 1. The second-order valence-electron chi connectivity index (χ2n) is 7.50. The largest absolute Gasteiger partial charge is 0.274 e. The molecule has 0 bridgehead atoms. The number of rotatable bonds is 3. The zero-order valence-electron chi connectivity index (χ0n) is 15.4. The van der Waals surface area contributed by atoms with E-state index in [2.05, 4.69) is 23.8 Å². The third-order valence-corrected chi connectivity index (χ3v) is 6.13. The molecule has 1 atom stereocenters. The Bertz CT molecular complexity index is 1070. The van der Waals surface area contributed by atoms with Crippen molar-refractivity contribution in [3.63, 3.8) is 0 Å². The van der Waals surface area contributed by atoms with Crippen LogP contribution in [0, 0.1) is 11.6 Å². The van der Waals surface area contributed by atoms with Gasteiger partial charge in [0.2, 0.25) is 0 Å². The quantitative estimate of drug-likeness (QED) is 0.503. The van der Waals surface area contributed by atoms with Gasteiger partial charge in [0.1, 0.15) is 15.7 Å². The number of pyridine rings is 2. The van der Waals surface area contributed by atoms with Crippen LogP contribution in [-0.4, -0.2) is 25.8 Å². The van der Waals surface area contributed by atoms with E-state index in [1.54, 1.807) is 36.3 Å². The number of aromatic nitrogens is 2. The van der Waals surface area contributed by atoms with Gasteiger partial charge < -0.3 is 0 Å². The highest BCUT2D eigenvalue weighted by Crippen LogP contribution is 2.39. The molecule has 1 aromatic carbocycles. The predicted octanol–water partition coefficient (Wildman–Crippen LogP) is 5.83. The topological polar surface area (TPSA) is 38.1 Å². The Labute approximate surface area is 171 Å². The summed E-state index contributed by atoms with van der Waals surface area (Å²) >= 11 is 7.55. The molecule has 0 fully saturated rings. The van der Waals surface area contributed by atoms with Crippen molar-refractivity contribution in [3.8, 4) is 0 Å². The minimum absolute atomic E-state index is 0.00932. The maximum Gasteiger partial charge on any atom is 0.184 e. The van der Waals surface area contributed by atoms with Gasteiger partial charge in [0.25, 0.3) is 0 Å². The van der Waals surface area contributed by atoms with Crippen molar-refractivity contribution in [1.29, 1.82) is 0 Å². The van der Waals surface area contributed by atoms with Gasteiger partial charge in [0.05, 0.1) is 6.04 Å². The summed E-state index contributed by atoms with van der Waals surface area (Å²) in [5, 5.41) is 1.89. The van der Waals surface area contributed by atoms with Gasteiger partial charge in [-0.15, -0.1) is 0 Å². The molecular weight excluding hydrogens is 400 g/mol. The molecule has 0 N–H and O–H groups in total. The molecule has 4 rings (SSSR count). The van der Waals surface area contributed by atoms with Gasteiger partial charge in [0, 0.05) is 28.1 Å². The number of benzene rings is 1. The lowest BCUT2D eigenvalue weighted by atomic mass is 9.97. The molecule has 144 valence electrons. The van der Waals surface area contributed by atoms with E-state index in [1.807, 2.05) is 12.1 Å². The van der Waals surface area contributed by atoms with Crippen molar-refractivity contribution in [2.45, 2.75) is 37.5 Å². The van der Waals surface area contributed by atoms with E-state index in [4.69, 9.17) is 16.6 Å². The van der Waals surface area contributed by atoms with Crippen LogP contribution < -0.4 is 0 Å². The van der Waals surface area contributed by atoms with Gasteiger partial charge in [-0.25, -0.2) is 13.8 Å². The molecule has 0 spiro atoms. The maximum atomic E-state index is 13.9. The summed E-state index contributed by atoms with van der Waals surface area (Å²) in [4.78, 5) is 13.2. The van der Waals surface area contributed by atoms with Crippen LogP contribution >= 0.6 is 23.4 Å². The fraction of sp³-hybridized carbons (Fsp3) is 0.286. The van der Waals surface area contributed by atoms with E-state index >= 15 is 0 Å². The second kappa shape index (κ2) is 7.41. The SMILES string of the molecule is CC1(C)CC(Cc2ccc(Cl)nc2)N=C(c2cnc3c(F)c(F)ccc3c2)S1. The molecule has 1 unspecified atom stereocenters. The molecule has 2 aromatic heterocycles. The maximum absolute atomic E-state index is 13.9. The van der Waals surface area contributed by atoms with Crippen LogP contribution in [0.15, 0.2) is 47.7 Å². The van der Waals surface area contributed by atoms with Crippen LogP contribution in [0.25, 0.3) is 10.9 Å². The number of aliphatic imine (C=N–C) groups is 1. The summed E-state index contributed by atoms with van der Waals surface area (Å²) in [5.41, 5.74) is 1.93.